The summed E-state index contributed by atoms with van der Waals surface area (Å²) < 4.78 is 13.4. The molecule has 3 N–H and O–H groups in total. The lowest BCUT2D eigenvalue weighted by Gasteiger charge is -2.16. The largest absolute Gasteiger partial charge is 0.271 e. The molecule has 0 fully saturated rings. The molecule has 0 radical (unpaired) electrons. The van der Waals surface area contributed by atoms with Crippen molar-refractivity contribution in [2.24, 2.45) is 5.84 Å². The summed E-state index contributed by atoms with van der Waals surface area (Å²) in [5, 5.41) is 0.127. The molecule has 2 rings (SSSR count). The van der Waals surface area contributed by atoms with Crippen molar-refractivity contribution in [3.8, 4) is 0 Å². The van der Waals surface area contributed by atoms with Gasteiger partial charge in [0.1, 0.15) is 5.82 Å². The van der Waals surface area contributed by atoms with Gasteiger partial charge in [-0.2, -0.15) is 0 Å². The molecular weight excluding hydrogens is 263 g/mol. The fraction of sp³-hybridized carbons (Fsp3) is 0.200. The Hall–Kier alpha value is -1.42. The van der Waals surface area contributed by atoms with Gasteiger partial charge in [-0.3, -0.25) is 11.3 Å². The summed E-state index contributed by atoms with van der Waals surface area (Å²) in [6.45, 7) is 0. The highest BCUT2D eigenvalue weighted by Crippen LogP contribution is 2.23. The van der Waals surface area contributed by atoms with Crippen molar-refractivity contribution in [2.75, 3.05) is 0 Å². The summed E-state index contributed by atoms with van der Waals surface area (Å²) in [5.74, 6) is 5.13. The van der Waals surface area contributed by atoms with Gasteiger partial charge in [0.2, 0.25) is 0 Å². The molecule has 0 bridgehead atoms. The zero-order valence-electron chi connectivity index (χ0n) is 10.4. The van der Waals surface area contributed by atoms with Crippen LogP contribution in [-0.2, 0) is 6.42 Å². The van der Waals surface area contributed by atoms with E-state index in [0.29, 0.717) is 0 Å². The van der Waals surface area contributed by atoms with Gasteiger partial charge in [-0.05, 0) is 36.1 Å². The average Bonchev–Trinajstić information content (AvgIpc) is 2.44. The summed E-state index contributed by atoms with van der Waals surface area (Å²) in [5.41, 5.74) is 4.76. The van der Waals surface area contributed by atoms with Crippen LogP contribution in [-0.4, -0.2) is 0 Å². The van der Waals surface area contributed by atoms with Crippen molar-refractivity contribution in [1.82, 2.24) is 5.43 Å². The van der Waals surface area contributed by atoms with Gasteiger partial charge < -0.3 is 0 Å². The highest BCUT2D eigenvalue weighted by atomic mass is 35.5. The molecule has 1 atom stereocenters. The van der Waals surface area contributed by atoms with Crippen molar-refractivity contribution in [3.63, 3.8) is 0 Å². The molecule has 0 saturated carbocycles. The first kappa shape index (κ1) is 14.0. The van der Waals surface area contributed by atoms with E-state index in [1.54, 1.807) is 12.1 Å². The lowest BCUT2D eigenvalue weighted by Crippen LogP contribution is -2.28. The number of benzene rings is 2. The van der Waals surface area contributed by atoms with Gasteiger partial charge in [-0.1, -0.05) is 48.0 Å². The topological polar surface area (TPSA) is 38.0 Å². The first-order chi connectivity index (χ1) is 9.20. The minimum Gasteiger partial charge on any atom is -0.271 e. The van der Waals surface area contributed by atoms with Crippen LogP contribution in [0.15, 0.2) is 48.5 Å². The van der Waals surface area contributed by atoms with Crippen LogP contribution < -0.4 is 11.3 Å². The van der Waals surface area contributed by atoms with E-state index >= 15 is 0 Å². The summed E-state index contributed by atoms with van der Waals surface area (Å²) in [6, 6.07) is 14.8. The molecule has 0 aromatic heterocycles. The Bertz CT molecular complexity index is 531. The third-order valence-corrected chi connectivity index (χ3v) is 3.42. The Morgan fingerprint density at radius 3 is 2.53 bits per heavy atom. The molecule has 0 aliphatic carbocycles. The minimum absolute atomic E-state index is 0.0908. The monoisotopic (exact) mass is 278 g/mol. The predicted octanol–water partition coefficient (Wildman–Crippen LogP) is 3.62. The van der Waals surface area contributed by atoms with Crippen molar-refractivity contribution < 1.29 is 4.39 Å². The van der Waals surface area contributed by atoms with E-state index in [1.807, 2.05) is 18.2 Å². The zero-order valence-corrected chi connectivity index (χ0v) is 11.2. The number of aryl methyl sites for hydroxylation is 1. The Balaban J connectivity index is 2.05. The van der Waals surface area contributed by atoms with Gasteiger partial charge in [0.15, 0.2) is 0 Å². The van der Waals surface area contributed by atoms with Crippen LogP contribution in [0.5, 0.6) is 0 Å². The van der Waals surface area contributed by atoms with Gasteiger partial charge in [0, 0.05) is 6.04 Å². The van der Waals surface area contributed by atoms with Crippen LogP contribution in [0.3, 0.4) is 0 Å². The number of nitrogens with one attached hydrogen (secondary N) is 1. The molecule has 0 amide bonds. The van der Waals surface area contributed by atoms with Crippen LogP contribution in [0, 0.1) is 5.82 Å². The van der Waals surface area contributed by atoms with Crippen LogP contribution >= 0.6 is 11.6 Å². The maximum absolute atomic E-state index is 13.4. The number of hydrogen-bond donors (Lipinski definition) is 2. The lowest BCUT2D eigenvalue weighted by atomic mass is 9.99. The lowest BCUT2D eigenvalue weighted by molar-refractivity contribution is 0.512. The van der Waals surface area contributed by atoms with Crippen molar-refractivity contribution in [2.45, 2.75) is 18.9 Å². The second kappa shape index (κ2) is 6.66. The zero-order chi connectivity index (χ0) is 13.7. The first-order valence-corrected chi connectivity index (χ1v) is 6.53. The van der Waals surface area contributed by atoms with Crippen LogP contribution in [0.2, 0.25) is 5.02 Å². The van der Waals surface area contributed by atoms with E-state index in [1.165, 1.54) is 11.6 Å². The number of nitrogens with two attached hydrogens (primary N) is 1. The molecule has 0 saturated heterocycles. The van der Waals surface area contributed by atoms with Crippen LogP contribution in [0.25, 0.3) is 0 Å². The number of hydrogen-bond acceptors (Lipinski definition) is 2. The van der Waals surface area contributed by atoms with E-state index in [0.717, 1.165) is 18.4 Å². The van der Waals surface area contributed by atoms with Gasteiger partial charge in [-0.25, -0.2) is 4.39 Å². The van der Waals surface area contributed by atoms with Gasteiger partial charge >= 0.3 is 0 Å². The Morgan fingerprint density at radius 2 is 1.89 bits per heavy atom. The molecule has 1 unspecified atom stereocenters. The van der Waals surface area contributed by atoms with E-state index in [2.05, 4.69) is 17.6 Å². The fourth-order valence-corrected chi connectivity index (χ4v) is 2.15. The highest BCUT2D eigenvalue weighted by Gasteiger charge is 2.11. The molecule has 0 heterocycles. The molecule has 0 aliphatic rings. The van der Waals surface area contributed by atoms with Crippen molar-refractivity contribution >= 4 is 11.6 Å². The summed E-state index contributed by atoms with van der Waals surface area (Å²) in [6.07, 6.45) is 1.67. The number of hydrazine groups is 1. The van der Waals surface area contributed by atoms with Gasteiger partial charge in [0.25, 0.3) is 0 Å². The predicted molar refractivity (Wildman–Crippen MR) is 76.2 cm³/mol. The molecule has 100 valence electrons. The highest BCUT2D eigenvalue weighted by molar-refractivity contribution is 6.30. The maximum Gasteiger partial charge on any atom is 0.142 e. The van der Waals surface area contributed by atoms with Crippen molar-refractivity contribution in [1.29, 1.82) is 0 Å². The standard InChI is InChI=1S/C15H16ClFN2/c16-13-8-7-12(10-14(13)17)15(19-18)9-6-11-4-2-1-3-5-11/h1-5,7-8,10,15,19H,6,9,18H2. The summed E-state index contributed by atoms with van der Waals surface area (Å²) >= 11 is 5.67. The SMILES string of the molecule is NNC(CCc1ccccc1)c1ccc(Cl)c(F)c1. The minimum atomic E-state index is -0.417. The fourth-order valence-electron chi connectivity index (χ4n) is 2.03. The molecule has 0 spiro atoms. The van der Waals surface area contributed by atoms with Gasteiger partial charge in [-0.15, -0.1) is 0 Å². The number of rotatable bonds is 5. The molecule has 19 heavy (non-hydrogen) atoms. The average molecular weight is 279 g/mol. The quantitative estimate of drug-likeness (QED) is 0.648. The second-order valence-corrected chi connectivity index (χ2v) is 4.82. The summed E-state index contributed by atoms with van der Waals surface area (Å²) in [4.78, 5) is 0. The Kier molecular flexibility index (Phi) is 4.91. The third-order valence-electron chi connectivity index (χ3n) is 3.11. The molecule has 4 heteroatoms. The second-order valence-electron chi connectivity index (χ2n) is 4.42. The number of halogens is 2. The summed E-state index contributed by atoms with van der Waals surface area (Å²) in [7, 11) is 0. The Labute approximate surface area is 117 Å². The molecule has 2 aromatic rings. The smallest absolute Gasteiger partial charge is 0.142 e. The molecule has 2 nitrogen and oxygen atoms in total. The van der Waals surface area contributed by atoms with Crippen LogP contribution in [0.4, 0.5) is 4.39 Å². The van der Waals surface area contributed by atoms with E-state index in [-0.39, 0.29) is 11.1 Å². The molecule has 2 aromatic carbocycles. The van der Waals surface area contributed by atoms with E-state index < -0.39 is 5.82 Å². The maximum atomic E-state index is 13.4. The Morgan fingerprint density at radius 1 is 1.16 bits per heavy atom. The van der Waals surface area contributed by atoms with E-state index in [4.69, 9.17) is 17.4 Å². The first-order valence-electron chi connectivity index (χ1n) is 6.15. The molecular formula is C15H16ClFN2. The van der Waals surface area contributed by atoms with Crippen molar-refractivity contribution in [3.05, 3.63) is 70.5 Å². The van der Waals surface area contributed by atoms with E-state index in [9.17, 15) is 4.39 Å². The normalized spacial score (nSPS) is 12.4. The molecule has 0 aliphatic heterocycles. The third kappa shape index (κ3) is 3.77. The van der Waals surface area contributed by atoms with Crippen LogP contribution in [0.1, 0.15) is 23.6 Å². The van der Waals surface area contributed by atoms with Gasteiger partial charge in [0.05, 0.1) is 5.02 Å².